The lowest BCUT2D eigenvalue weighted by molar-refractivity contribution is -0.125. The van der Waals surface area contributed by atoms with Gasteiger partial charge in [0.15, 0.2) is 0 Å². The van der Waals surface area contributed by atoms with E-state index in [9.17, 15) is 9.59 Å². The molecule has 30 heavy (non-hydrogen) atoms. The van der Waals surface area contributed by atoms with Crippen molar-refractivity contribution in [3.8, 4) is 0 Å². The average molecular weight is 406 g/mol. The molecule has 0 spiro atoms. The smallest absolute Gasteiger partial charge is 0.256 e. The molecule has 1 saturated heterocycles. The van der Waals surface area contributed by atoms with Gasteiger partial charge in [-0.05, 0) is 30.4 Å². The third-order valence-electron chi connectivity index (χ3n) is 5.72. The number of nitrogens with zero attached hydrogens (tertiary/aromatic N) is 2. The van der Waals surface area contributed by atoms with Crippen LogP contribution in [0.1, 0.15) is 44.0 Å². The van der Waals surface area contributed by atoms with Crippen molar-refractivity contribution in [1.82, 2.24) is 14.8 Å². The minimum Gasteiger partial charge on any atom is -0.354 e. The van der Waals surface area contributed by atoms with Crippen molar-refractivity contribution in [3.05, 3.63) is 71.9 Å². The summed E-state index contributed by atoms with van der Waals surface area (Å²) in [7, 11) is 0. The first-order chi connectivity index (χ1) is 14.5. The van der Waals surface area contributed by atoms with Gasteiger partial charge >= 0.3 is 0 Å². The number of hydrogen-bond acceptors (Lipinski definition) is 2. The molecule has 1 aliphatic rings. The Hall–Kier alpha value is -3.08. The Morgan fingerprint density at radius 1 is 1.10 bits per heavy atom. The summed E-state index contributed by atoms with van der Waals surface area (Å²) < 4.78 is 2.13. The molecule has 2 amide bonds. The van der Waals surface area contributed by atoms with Gasteiger partial charge in [-0.15, -0.1) is 0 Å². The SMILES string of the molecule is CC(C)CNC(=O)[C@@H]1CCCN1C(=O)c1cn(Cc2ccccc2)c2ccccc12.[HH]. The number of carbonyl (C=O) groups excluding carboxylic acids is 2. The Kier molecular flexibility index (Phi) is 5.88. The molecule has 0 bridgehead atoms. The summed E-state index contributed by atoms with van der Waals surface area (Å²) >= 11 is 0. The molecule has 3 aromatic rings. The molecule has 0 unspecified atom stereocenters. The molecule has 2 aromatic carbocycles. The van der Waals surface area contributed by atoms with Crippen molar-refractivity contribution in [2.75, 3.05) is 13.1 Å². The van der Waals surface area contributed by atoms with Crippen LogP contribution in [0.3, 0.4) is 0 Å². The third kappa shape index (κ3) is 4.11. The standard InChI is InChI=1S/C25H29N3O2.H2/c1-18(2)15-26-24(29)23-13-8-14-28(23)25(30)21-17-27(16-19-9-4-3-5-10-19)22-12-7-6-11-20(21)22;/h3-7,9-12,17-18,23H,8,13-16H2,1-2H3,(H,26,29);1H/t23-;/m0./s1. The second-order valence-electron chi connectivity index (χ2n) is 8.47. The first kappa shape index (κ1) is 20.2. The van der Waals surface area contributed by atoms with Crippen LogP contribution >= 0.6 is 0 Å². The number of hydrogen-bond donors (Lipinski definition) is 1. The van der Waals surface area contributed by atoms with Crippen LogP contribution in [0.2, 0.25) is 0 Å². The topological polar surface area (TPSA) is 54.3 Å². The summed E-state index contributed by atoms with van der Waals surface area (Å²) in [5.41, 5.74) is 2.89. The molecule has 4 rings (SSSR count). The van der Waals surface area contributed by atoms with E-state index in [4.69, 9.17) is 0 Å². The van der Waals surface area contributed by atoms with Crippen molar-refractivity contribution >= 4 is 22.7 Å². The van der Waals surface area contributed by atoms with Gasteiger partial charge in [0.25, 0.3) is 5.91 Å². The zero-order valence-corrected chi connectivity index (χ0v) is 17.7. The monoisotopic (exact) mass is 405 g/mol. The van der Waals surface area contributed by atoms with E-state index < -0.39 is 0 Å². The maximum Gasteiger partial charge on any atom is 0.256 e. The molecule has 1 atom stereocenters. The first-order valence-corrected chi connectivity index (χ1v) is 10.7. The van der Waals surface area contributed by atoms with Gasteiger partial charge in [-0.25, -0.2) is 0 Å². The van der Waals surface area contributed by atoms with Crippen molar-refractivity contribution < 1.29 is 11.0 Å². The summed E-state index contributed by atoms with van der Waals surface area (Å²) in [6, 6.07) is 17.9. The Balaban J connectivity index is 0.00000272. The van der Waals surface area contributed by atoms with Crippen LogP contribution in [0.5, 0.6) is 0 Å². The molecule has 1 fully saturated rings. The minimum absolute atomic E-state index is 0. The lowest BCUT2D eigenvalue weighted by Crippen LogP contribution is -2.46. The molecule has 5 heteroatoms. The molecular formula is C25H31N3O2. The number of aromatic nitrogens is 1. The van der Waals surface area contributed by atoms with E-state index in [0.717, 1.165) is 23.7 Å². The molecule has 1 aliphatic heterocycles. The fraction of sp³-hybridized carbons (Fsp3) is 0.360. The van der Waals surface area contributed by atoms with Crippen LogP contribution in [-0.4, -0.2) is 40.4 Å². The van der Waals surface area contributed by atoms with Crippen molar-refractivity contribution in [2.45, 2.75) is 39.3 Å². The number of para-hydroxylation sites is 1. The van der Waals surface area contributed by atoms with E-state index in [1.54, 1.807) is 4.90 Å². The van der Waals surface area contributed by atoms with E-state index in [1.807, 2.05) is 48.7 Å². The van der Waals surface area contributed by atoms with E-state index in [1.165, 1.54) is 5.56 Å². The van der Waals surface area contributed by atoms with Crippen molar-refractivity contribution in [1.29, 1.82) is 0 Å². The van der Waals surface area contributed by atoms with E-state index >= 15 is 0 Å². The number of benzene rings is 2. The Bertz CT molecular complexity index is 1050. The fourth-order valence-electron chi connectivity index (χ4n) is 4.19. The number of nitrogens with one attached hydrogen (secondary N) is 1. The molecule has 1 N–H and O–H groups in total. The summed E-state index contributed by atoms with van der Waals surface area (Å²) in [6.45, 7) is 6.09. The van der Waals surface area contributed by atoms with E-state index in [-0.39, 0.29) is 19.3 Å². The predicted molar refractivity (Wildman–Crippen MR) is 122 cm³/mol. The molecule has 0 radical (unpaired) electrons. The highest BCUT2D eigenvalue weighted by Gasteiger charge is 2.35. The number of carbonyl (C=O) groups is 2. The molecular weight excluding hydrogens is 374 g/mol. The van der Waals surface area contributed by atoms with Crippen LogP contribution in [0.15, 0.2) is 60.8 Å². The number of amides is 2. The van der Waals surface area contributed by atoms with Crippen molar-refractivity contribution in [2.24, 2.45) is 5.92 Å². The maximum atomic E-state index is 13.5. The molecule has 0 saturated carbocycles. The van der Waals surface area contributed by atoms with Crippen LogP contribution < -0.4 is 5.32 Å². The summed E-state index contributed by atoms with van der Waals surface area (Å²) in [6.07, 6.45) is 3.52. The lowest BCUT2D eigenvalue weighted by atomic mass is 10.1. The Labute approximate surface area is 179 Å². The largest absolute Gasteiger partial charge is 0.354 e. The minimum atomic E-state index is -0.382. The van der Waals surface area contributed by atoms with Gasteiger partial charge in [0, 0.05) is 38.2 Å². The quantitative estimate of drug-likeness (QED) is 0.664. The second-order valence-corrected chi connectivity index (χ2v) is 8.47. The molecule has 1 aromatic heterocycles. The van der Waals surface area contributed by atoms with Crippen LogP contribution in [0.4, 0.5) is 0 Å². The van der Waals surface area contributed by atoms with Gasteiger partial charge in [-0.2, -0.15) is 0 Å². The third-order valence-corrected chi connectivity index (χ3v) is 5.72. The summed E-state index contributed by atoms with van der Waals surface area (Å²) in [5, 5.41) is 3.93. The molecule has 158 valence electrons. The van der Waals surface area contributed by atoms with Crippen LogP contribution in [0, 0.1) is 5.92 Å². The average Bonchev–Trinajstić information content (AvgIpc) is 3.38. The number of likely N-dealkylation sites (tertiary alicyclic amines) is 1. The Morgan fingerprint density at radius 2 is 1.83 bits per heavy atom. The predicted octanol–water partition coefficient (Wildman–Crippen LogP) is 4.31. The second kappa shape index (κ2) is 8.74. The zero-order valence-electron chi connectivity index (χ0n) is 17.7. The summed E-state index contributed by atoms with van der Waals surface area (Å²) in [4.78, 5) is 28.0. The highest BCUT2D eigenvalue weighted by Crippen LogP contribution is 2.27. The van der Waals surface area contributed by atoms with Gasteiger partial charge in [0.1, 0.15) is 6.04 Å². The van der Waals surface area contributed by atoms with Crippen LogP contribution in [-0.2, 0) is 11.3 Å². The summed E-state index contributed by atoms with van der Waals surface area (Å²) in [5.74, 6) is 0.290. The van der Waals surface area contributed by atoms with E-state index in [2.05, 4.69) is 35.9 Å². The fourth-order valence-corrected chi connectivity index (χ4v) is 4.19. The zero-order chi connectivity index (χ0) is 21.1. The Morgan fingerprint density at radius 3 is 2.60 bits per heavy atom. The highest BCUT2D eigenvalue weighted by atomic mass is 16.2. The molecule has 5 nitrogen and oxygen atoms in total. The maximum absolute atomic E-state index is 13.5. The number of rotatable bonds is 6. The van der Waals surface area contributed by atoms with E-state index in [0.29, 0.717) is 31.1 Å². The van der Waals surface area contributed by atoms with Gasteiger partial charge in [-0.1, -0.05) is 62.4 Å². The normalized spacial score (nSPS) is 16.4. The van der Waals surface area contributed by atoms with Crippen molar-refractivity contribution in [3.63, 3.8) is 0 Å². The van der Waals surface area contributed by atoms with Crippen LogP contribution in [0.25, 0.3) is 10.9 Å². The highest BCUT2D eigenvalue weighted by molar-refractivity contribution is 6.08. The lowest BCUT2D eigenvalue weighted by Gasteiger charge is -2.24. The molecule has 0 aliphatic carbocycles. The van der Waals surface area contributed by atoms with Gasteiger partial charge < -0.3 is 14.8 Å². The molecule has 2 heterocycles. The first-order valence-electron chi connectivity index (χ1n) is 10.7. The van der Waals surface area contributed by atoms with Gasteiger partial charge in [-0.3, -0.25) is 9.59 Å². The van der Waals surface area contributed by atoms with Gasteiger partial charge in [0.2, 0.25) is 5.91 Å². The number of fused-ring (bicyclic) bond motifs is 1. The van der Waals surface area contributed by atoms with Gasteiger partial charge in [0.05, 0.1) is 5.56 Å².